The third-order valence-corrected chi connectivity index (χ3v) is 2.84. The summed E-state index contributed by atoms with van der Waals surface area (Å²) in [5, 5.41) is 11.9. The SMILES string of the molecule is N#Cc1cc(Cl)ccc1Nc1ccccc1C(F)(F)F. The molecule has 0 aliphatic heterocycles. The van der Waals surface area contributed by atoms with E-state index in [2.05, 4.69) is 5.32 Å². The maximum absolute atomic E-state index is 12.9. The predicted molar refractivity (Wildman–Crippen MR) is 70.9 cm³/mol. The molecule has 0 aliphatic carbocycles. The molecule has 20 heavy (non-hydrogen) atoms. The monoisotopic (exact) mass is 296 g/mol. The molecule has 0 fully saturated rings. The molecule has 0 heterocycles. The summed E-state index contributed by atoms with van der Waals surface area (Å²) in [5.74, 6) is 0. The minimum atomic E-state index is -4.47. The van der Waals surface area contributed by atoms with Gasteiger partial charge in [-0.2, -0.15) is 18.4 Å². The van der Waals surface area contributed by atoms with Crippen LogP contribution in [0.1, 0.15) is 11.1 Å². The molecule has 0 amide bonds. The smallest absolute Gasteiger partial charge is 0.354 e. The third kappa shape index (κ3) is 3.03. The van der Waals surface area contributed by atoms with Crippen molar-refractivity contribution in [3.63, 3.8) is 0 Å². The van der Waals surface area contributed by atoms with Gasteiger partial charge < -0.3 is 5.32 Å². The molecule has 0 atom stereocenters. The summed E-state index contributed by atoms with van der Waals surface area (Å²) in [5.41, 5.74) is -0.458. The molecule has 2 nitrogen and oxygen atoms in total. The van der Waals surface area contributed by atoms with E-state index in [0.717, 1.165) is 6.07 Å². The van der Waals surface area contributed by atoms with Gasteiger partial charge in [-0.25, -0.2) is 0 Å². The van der Waals surface area contributed by atoms with Crippen LogP contribution in [0, 0.1) is 11.3 Å². The quantitative estimate of drug-likeness (QED) is 0.849. The summed E-state index contributed by atoms with van der Waals surface area (Å²) < 4.78 is 38.6. The number of rotatable bonds is 2. The molecule has 0 radical (unpaired) electrons. The van der Waals surface area contributed by atoms with Gasteiger partial charge in [-0.3, -0.25) is 0 Å². The van der Waals surface area contributed by atoms with Crippen LogP contribution in [-0.2, 0) is 6.18 Å². The van der Waals surface area contributed by atoms with Crippen LogP contribution in [0.25, 0.3) is 0 Å². The molecule has 0 aliphatic rings. The van der Waals surface area contributed by atoms with Gasteiger partial charge in [-0.1, -0.05) is 23.7 Å². The number of benzene rings is 2. The standard InChI is InChI=1S/C14H8ClF3N2/c15-10-5-6-12(9(7-10)8-19)20-13-4-2-1-3-11(13)14(16,17)18/h1-7,20H. The number of hydrogen-bond donors (Lipinski definition) is 1. The zero-order valence-electron chi connectivity index (χ0n) is 10.0. The lowest BCUT2D eigenvalue weighted by Gasteiger charge is -2.15. The first kappa shape index (κ1) is 14.2. The topological polar surface area (TPSA) is 35.8 Å². The zero-order chi connectivity index (χ0) is 14.8. The van der Waals surface area contributed by atoms with Crippen molar-refractivity contribution in [2.75, 3.05) is 5.32 Å². The Bertz CT molecular complexity index is 675. The fourth-order valence-corrected chi connectivity index (χ4v) is 1.87. The lowest BCUT2D eigenvalue weighted by molar-refractivity contribution is -0.136. The first-order valence-corrected chi connectivity index (χ1v) is 5.92. The average molecular weight is 297 g/mol. The van der Waals surface area contributed by atoms with Gasteiger partial charge >= 0.3 is 6.18 Å². The highest BCUT2D eigenvalue weighted by Gasteiger charge is 2.33. The molecule has 0 bridgehead atoms. The molecule has 0 aromatic heterocycles. The minimum absolute atomic E-state index is 0.112. The Morgan fingerprint density at radius 1 is 1.05 bits per heavy atom. The summed E-state index contributed by atoms with van der Waals surface area (Å²) in [6.07, 6.45) is -4.47. The van der Waals surface area contributed by atoms with Crippen LogP contribution in [0.5, 0.6) is 0 Å². The van der Waals surface area contributed by atoms with Crippen LogP contribution >= 0.6 is 11.6 Å². The lowest BCUT2D eigenvalue weighted by atomic mass is 10.1. The van der Waals surface area contributed by atoms with Crippen molar-refractivity contribution >= 4 is 23.0 Å². The van der Waals surface area contributed by atoms with Gasteiger partial charge in [0.05, 0.1) is 22.5 Å². The molecular weight excluding hydrogens is 289 g/mol. The second kappa shape index (κ2) is 5.43. The molecule has 0 saturated heterocycles. The predicted octanol–water partition coefficient (Wildman–Crippen LogP) is 4.97. The highest BCUT2D eigenvalue weighted by Crippen LogP contribution is 2.36. The number of halogens is 4. The zero-order valence-corrected chi connectivity index (χ0v) is 10.8. The number of nitrogens with one attached hydrogen (secondary N) is 1. The molecule has 2 aromatic rings. The summed E-state index contributed by atoms with van der Waals surface area (Å²) in [6.45, 7) is 0. The fraction of sp³-hybridized carbons (Fsp3) is 0.0714. The second-order valence-electron chi connectivity index (χ2n) is 3.97. The van der Waals surface area contributed by atoms with Gasteiger partial charge in [0, 0.05) is 5.02 Å². The first-order valence-electron chi connectivity index (χ1n) is 5.54. The van der Waals surface area contributed by atoms with Crippen molar-refractivity contribution in [3.8, 4) is 6.07 Å². The van der Waals surface area contributed by atoms with Crippen molar-refractivity contribution in [3.05, 3.63) is 58.6 Å². The van der Waals surface area contributed by atoms with Crippen LogP contribution in [0.3, 0.4) is 0 Å². The van der Waals surface area contributed by atoms with E-state index in [-0.39, 0.29) is 16.9 Å². The van der Waals surface area contributed by atoms with Crippen molar-refractivity contribution < 1.29 is 13.2 Å². The van der Waals surface area contributed by atoms with E-state index >= 15 is 0 Å². The summed E-state index contributed by atoms with van der Waals surface area (Å²) in [6, 6.07) is 11.3. The van der Waals surface area contributed by atoms with Gasteiger partial charge in [-0.15, -0.1) is 0 Å². The molecule has 102 valence electrons. The van der Waals surface area contributed by atoms with E-state index in [1.165, 1.54) is 36.4 Å². The lowest BCUT2D eigenvalue weighted by Crippen LogP contribution is -2.08. The maximum atomic E-state index is 12.9. The Labute approximate surface area is 118 Å². The van der Waals surface area contributed by atoms with Crippen molar-refractivity contribution in [1.29, 1.82) is 5.26 Å². The molecule has 2 rings (SSSR count). The third-order valence-electron chi connectivity index (χ3n) is 2.60. The van der Waals surface area contributed by atoms with E-state index in [1.54, 1.807) is 0 Å². The molecule has 0 unspecified atom stereocenters. The summed E-state index contributed by atoms with van der Waals surface area (Å²) in [7, 11) is 0. The normalized spacial score (nSPS) is 10.9. The van der Waals surface area contributed by atoms with Crippen LogP contribution in [0.4, 0.5) is 24.5 Å². The van der Waals surface area contributed by atoms with E-state index in [0.29, 0.717) is 5.02 Å². The molecule has 0 spiro atoms. The number of nitriles is 1. The van der Waals surface area contributed by atoms with Crippen molar-refractivity contribution in [1.82, 2.24) is 0 Å². The first-order chi connectivity index (χ1) is 9.41. The van der Waals surface area contributed by atoms with Crippen LogP contribution in [-0.4, -0.2) is 0 Å². The maximum Gasteiger partial charge on any atom is 0.418 e. The van der Waals surface area contributed by atoms with Gasteiger partial charge in [0.2, 0.25) is 0 Å². The van der Waals surface area contributed by atoms with Crippen molar-refractivity contribution in [2.45, 2.75) is 6.18 Å². The number of alkyl halides is 3. The summed E-state index contributed by atoms with van der Waals surface area (Å²) >= 11 is 5.74. The van der Waals surface area contributed by atoms with Gasteiger partial charge in [0.25, 0.3) is 0 Å². The molecule has 2 aromatic carbocycles. The van der Waals surface area contributed by atoms with Crippen LogP contribution in [0.2, 0.25) is 5.02 Å². The Morgan fingerprint density at radius 3 is 2.40 bits per heavy atom. The minimum Gasteiger partial charge on any atom is -0.354 e. The highest BCUT2D eigenvalue weighted by atomic mass is 35.5. The van der Waals surface area contributed by atoms with Crippen LogP contribution in [0.15, 0.2) is 42.5 Å². The summed E-state index contributed by atoms with van der Waals surface area (Å²) in [4.78, 5) is 0. The number of para-hydroxylation sites is 1. The Kier molecular flexibility index (Phi) is 3.86. The average Bonchev–Trinajstić information content (AvgIpc) is 2.40. The largest absolute Gasteiger partial charge is 0.418 e. The Morgan fingerprint density at radius 2 is 1.75 bits per heavy atom. The molecule has 1 N–H and O–H groups in total. The van der Waals surface area contributed by atoms with Gasteiger partial charge in [-0.05, 0) is 30.3 Å². The van der Waals surface area contributed by atoms with Crippen LogP contribution < -0.4 is 5.32 Å². The number of hydrogen-bond acceptors (Lipinski definition) is 2. The molecular formula is C14H8ClF3N2. The second-order valence-corrected chi connectivity index (χ2v) is 4.41. The van der Waals surface area contributed by atoms with E-state index in [4.69, 9.17) is 16.9 Å². The Hall–Kier alpha value is -2.19. The number of anilines is 2. The number of nitrogens with zero attached hydrogens (tertiary/aromatic N) is 1. The Balaban J connectivity index is 2.44. The van der Waals surface area contributed by atoms with Gasteiger partial charge in [0.15, 0.2) is 0 Å². The molecule has 6 heteroatoms. The van der Waals surface area contributed by atoms with E-state index < -0.39 is 11.7 Å². The van der Waals surface area contributed by atoms with Gasteiger partial charge in [0.1, 0.15) is 6.07 Å². The van der Waals surface area contributed by atoms with E-state index in [9.17, 15) is 13.2 Å². The fourth-order valence-electron chi connectivity index (χ4n) is 1.70. The highest BCUT2D eigenvalue weighted by molar-refractivity contribution is 6.30. The van der Waals surface area contributed by atoms with E-state index in [1.807, 2.05) is 6.07 Å². The van der Waals surface area contributed by atoms with Crippen molar-refractivity contribution in [2.24, 2.45) is 0 Å². The molecule has 0 saturated carbocycles.